The fourth-order valence-electron chi connectivity index (χ4n) is 5.09. The van der Waals surface area contributed by atoms with Gasteiger partial charge in [0.1, 0.15) is 18.3 Å². The average molecular weight is 578 g/mol. The van der Waals surface area contributed by atoms with Crippen molar-refractivity contribution in [2.45, 2.75) is 69.5 Å². The molecule has 2 amide bonds. The van der Waals surface area contributed by atoms with Crippen LogP contribution < -0.4 is 14.4 Å². The van der Waals surface area contributed by atoms with Crippen LogP contribution in [0.2, 0.25) is 0 Å². The molecule has 1 N–H and O–H groups in total. The summed E-state index contributed by atoms with van der Waals surface area (Å²) in [4.78, 5) is 29.0. The van der Waals surface area contributed by atoms with Gasteiger partial charge < -0.3 is 15.0 Å². The summed E-state index contributed by atoms with van der Waals surface area (Å²) in [7, 11) is -2.52. The normalized spacial score (nSPS) is 14.3. The summed E-state index contributed by atoms with van der Waals surface area (Å²) in [5.74, 6) is -0.110. The van der Waals surface area contributed by atoms with E-state index in [4.69, 9.17) is 4.74 Å². The third-order valence-electron chi connectivity index (χ3n) is 7.60. The average Bonchev–Trinajstić information content (AvgIpc) is 3.51. The maximum Gasteiger partial charge on any atom is 0.264 e. The van der Waals surface area contributed by atoms with Crippen molar-refractivity contribution in [2.24, 2.45) is 0 Å². The van der Waals surface area contributed by atoms with E-state index in [0.717, 1.165) is 47.5 Å². The molecule has 0 radical (unpaired) electrons. The van der Waals surface area contributed by atoms with E-state index in [1.54, 1.807) is 50.4 Å². The Morgan fingerprint density at radius 1 is 0.951 bits per heavy atom. The van der Waals surface area contributed by atoms with Crippen molar-refractivity contribution in [1.29, 1.82) is 0 Å². The maximum absolute atomic E-state index is 14.1. The second-order valence-electron chi connectivity index (χ2n) is 10.4. The predicted octanol–water partition coefficient (Wildman–Crippen LogP) is 4.93. The molecule has 218 valence electrons. The first-order chi connectivity index (χ1) is 19.7. The molecule has 8 nitrogen and oxygen atoms in total. The van der Waals surface area contributed by atoms with Gasteiger partial charge in [-0.25, -0.2) is 8.42 Å². The van der Waals surface area contributed by atoms with Crippen LogP contribution in [-0.2, 0) is 32.6 Å². The number of sulfonamides is 1. The molecule has 3 aromatic rings. The van der Waals surface area contributed by atoms with Gasteiger partial charge in [0.05, 0.1) is 17.7 Å². The number of rotatable bonds is 12. The largest absolute Gasteiger partial charge is 0.497 e. The molecule has 0 aromatic heterocycles. The highest BCUT2D eigenvalue weighted by molar-refractivity contribution is 7.92. The standard InChI is InChI=1S/C32H39N3O5S/c1-4-25-17-19-28(20-18-25)35(41(38,39)30-15-6-5-7-16-30)23-31(36)34(22-26-11-10-14-29(21-26)40-3)24(2)32(37)33-27-12-8-9-13-27/h5-7,10-11,14-21,24,27H,4,8-9,12-13,22-23H2,1-3H3,(H,33,37)/t24-/m0/s1. The molecule has 0 bridgehead atoms. The molecular formula is C32H39N3O5S. The van der Waals surface area contributed by atoms with Crippen molar-refractivity contribution >= 4 is 27.5 Å². The highest BCUT2D eigenvalue weighted by Gasteiger charge is 2.33. The van der Waals surface area contributed by atoms with E-state index in [1.807, 2.05) is 37.3 Å². The lowest BCUT2D eigenvalue weighted by molar-refractivity contribution is -0.139. The Balaban J connectivity index is 1.68. The van der Waals surface area contributed by atoms with Gasteiger partial charge in [-0.1, -0.05) is 62.2 Å². The SMILES string of the molecule is CCc1ccc(N(CC(=O)N(Cc2cccc(OC)c2)[C@@H](C)C(=O)NC2CCCC2)S(=O)(=O)c2ccccc2)cc1. The van der Waals surface area contributed by atoms with E-state index in [9.17, 15) is 18.0 Å². The molecule has 4 rings (SSSR count). The molecule has 1 saturated carbocycles. The van der Waals surface area contributed by atoms with E-state index in [1.165, 1.54) is 17.0 Å². The Labute approximate surface area is 243 Å². The number of carbonyl (C=O) groups excluding carboxylic acids is 2. The summed E-state index contributed by atoms with van der Waals surface area (Å²) in [5.41, 5.74) is 2.20. The number of nitrogens with zero attached hydrogens (tertiary/aromatic N) is 2. The van der Waals surface area contributed by atoms with Gasteiger partial charge in [-0.05, 0) is 73.7 Å². The first-order valence-corrected chi connectivity index (χ1v) is 15.6. The predicted molar refractivity (Wildman–Crippen MR) is 160 cm³/mol. The topological polar surface area (TPSA) is 96.0 Å². The zero-order chi connectivity index (χ0) is 29.4. The van der Waals surface area contributed by atoms with Crippen molar-refractivity contribution in [2.75, 3.05) is 18.0 Å². The number of aryl methyl sites for hydroxylation is 1. The van der Waals surface area contributed by atoms with Crippen LogP contribution in [-0.4, -0.2) is 50.9 Å². The van der Waals surface area contributed by atoms with Gasteiger partial charge in [-0.15, -0.1) is 0 Å². The first kappa shape index (κ1) is 30.1. The van der Waals surface area contributed by atoms with Gasteiger partial charge in [0.25, 0.3) is 10.0 Å². The van der Waals surface area contributed by atoms with Gasteiger partial charge in [0.15, 0.2) is 0 Å². The van der Waals surface area contributed by atoms with Crippen molar-refractivity contribution in [3.8, 4) is 5.75 Å². The van der Waals surface area contributed by atoms with Gasteiger partial charge in [-0.3, -0.25) is 13.9 Å². The number of benzene rings is 3. The molecule has 0 saturated heterocycles. The van der Waals surface area contributed by atoms with Crippen LogP contribution in [0.5, 0.6) is 5.75 Å². The van der Waals surface area contributed by atoms with E-state index in [2.05, 4.69) is 5.32 Å². The van der Waals surface area contributed by atoms with E-state index in [0.29, 0.717) is 11.4 Å². The molecule has 0 heterocycles. The number of hydrogen-bond acceptors (Lipinski definition) is 5. The lowest BCUT2D eigenvalue weighted by Gasteiger charge is -2.32. The van der Waals surface area contributed by atoms with Crippen LogP contribution in [0.25, 0.3) is 0 Å². The quantitative estimate of drug-likeness (QED) is 0.329. The molecule has 3 aromatic carbocycles. The number of amides is 2. The number of nitrogens with one attached hydrogen (secondary N) is 1. The second kappa shape index (κ2) is 13.7. The van der Waals surface area contributed by atoms with Crippen molar-refractivity contribution in [1.82, 2.24) is 10.2 Å². The van der Waals surface area contributed by atoms with E-state index >= 15 is 0 Å². The van der Waals surface area contributed by atoms with Crippen LogP contribution in [0.15, 0.2) is 83.8 Å². The molecule has 1 aliphatic carbocycles. The fraction of sp³-hybridized carbons (Fsp3) is 0.375. The Kier molecular flexibility index (Phi) is 10.0. The zero-order valence-corrected chi connectivity index (χ0v) is 24.8. The molecule has 0 aliphatic heterocycles. The van der Waals surface area contributed by atoms with Crippen LogP contribution in [0, 0.1) is 0 Å². The van der Waals surface area contributed by atoms with E-state index in [-0.39, 0.29) is 23.4 Å². The van der Waals surface area contributed by atoms with Crippen LogP contribution >= 0.6 is 0 Å². The maximum atomic E-state index is 14.1. The Hall–Kier alpha value is -3.85. The van der Waals surface area contributed by atoms with Crippen LogP contribution in [0.3, 0.4) is 0 Å². The minimum Gasteiger partial charge on any atom is -0.497 e. The van der Waals surface area contributed by atoms with Gasteiger partial charge >= 0.3 is 0 Å². The molecule has 9 heteroatoms. The van der Waals surface area contributed by atoms with Crippen LogP contribution in [0.1, 0.15) is 50.7 Å². The molecular weight excluding hydrogens is 538 g/mol. The fourth-order valence-corrected chi connectivity index (χ4v) is 6.52. The second-order valence-corrected chi connectivity index (χ2v) is 12.2. The molecule has 1 fully saturated rings. The third-order valence-corrected chi connectivity index (χ3v) is 9.39. The number of carbonyl (C=O) groups is 2. The molecule has 0 unspecified atom stereocenters. The Morgan fingerprint density at radius 3 is 2.27 bits per heavy atom. The van der Waals surface area contributed by atoms with Crippen molar-refractivity contribution in [3.05, 3.63) is 90.0 Å². The summed E-state index contributed by atoms with van der Waals surface area (Å²) >= 11 is 0. The lowest BCUT2D eigenvalue weighted by atomic mass is 10.1. The van der Waals surface area contributed by atoms with Gasteiger partial charge in [0, 0.05) is 12.6 Å². The number of hydrogen-bond donors (Lipinski definition) is 1. The Bertz CT molecular complexity index is 1420. The highest BCUT2D eigenvalue weighted by atomic mass is 32.2. The zero-order valence-electron chi connectivity index (χ0n) is 24.0. The summed E-state index contributed by atoms with van der Waals surface area (Å²) in [5, 5.41) is 3.09. The van der Waals surface area contributed by atoms with Crippen molar-refractivity contribution < 1.29 is 22.7 Å². The number of methoxy groups -OCH3 is 1. The monoisotopic (exact) mass is 577 g/mol. The summed E-state index contributed by atoms with van der Waals surface area (Å²) in [6.07, 6.45) is 4.76. The first-order valence-electron chi connectivity index (χ1n) is 14.1. The smallest absolute Gasteiger partial charge is 0.264 e. The Morgan fingerprint density at radius 2 is 1.63 bits per heavy atom. The summed E-state index contributed by atoms with van der Waals surface area (Å²) in [6, 6.07) is 21.8. The lowest BCUT2D eigenvalue weighted by Crippen LogP contribution is -2.52. The minimum atomic E-state index is -4.09. The molecule has 1 aliphatic rings. The van der Waals surface area contributed by atoms with Crippen LogP contribution in [0.4, 0.5) is 5.69 Å². The van der Waals surface area contributed by atoms with Gasteiger partial charge in [0.2, 0.25) is 11.8 Å². The summed E-state index contributed by atoms with van der Waals surface area (Å²) in [6.45, 7) is 3.36. The minimum absolute atomic E-state index is 0.0822. The molecule has 0 spiro atoms. The number of ether oxygens (including phenoxy) is 1. The number of anilines is 1. The summed E-state index contributed by atoms with van der Waals surface area (Å²) < 4.78 is 34.2. The molecule has 41 heavy (non-hydrogen) atoms. The molecule has 1 atom stereocenters. The van der Waals surface area contributed by atoms with Crippen molar-refractivity contribution in [3.63, 3.8) is 0 Å². The third kappa shape index (κ3) is 7.47. The highest BCUT2D eigenvalue weighted by Crippen LogP contribution is 2.26. The van der Waals surface area contributed by atoms with E-state index < -0.39 is 28.5 Å². The van der Waals surface area contributed by atoms with Gasteiger partial charge in [-0.2, -0.15) is 0 Å².